The molecule has 0 bridgehead atoms. The molecule has 2 aromatic rings. The first-order valence-corrected chi connectivity index (χ1v) is 10.7. The van der Waals surface area contributed by atoms with E-state index in [1.165, 1.54) is 0 Å². The quantitative estimate of drug-likeness (QED) is 0.637. The normalized spacial score (nSPS) is 17.1. The van der Waals surface area contributed by atoms with Gasteiger partial charge < -0.3 is 5.32 Å². The minimum atomic E-state index is -0.664. The van der Waals surface area contributed by atoms with E-state index in [4.69, 9.17) is 0 Å². The summed E-state index contributed by atoms with van der Waals surface area (Å²) in [5.74, 6) is 0.230. The Morgan fingerprint density at radius 1 is 1.37 bits per heavy atom. The van der Waals surface area contributed by atoms with Gasteiger partial charge in [-0.1, -0.05) is 41.9 Å². The molecule has 142 valence electrons. The number of aromatic nitrogens is 1. The predicted molar refractivity (Wildman–Crippen MR) is 110 cm³/mol. The molecular weight excluding hydrogens is 424 g/mol. The number of carbonyl (C=O) groups excluding carboxylic acids is 1. The zero-order valence-corrected chi connectivity index (χ0v) is 17.8. The van der Waals surface area contributed by atoms with Crippen molar-refractivity contribution in [3.05, 3.63) is 50.9 Å². The number of nitrogens with one attached hydrogen (secondary N) is 2. The van der Waals surface area contributed by atoms with Crippen molar-refractivity contribution < 1.29 is 4.79 Å². The van der Waals surface area contributed by atoms with E-state index in [-0.39, 0.29) is 11.9 Å². The molecule has 1 heterocycles. The van der Waals surface area contributed by atoms with E-state index in [0.717, 1.165) is 27.9 Å². The fourth-order valence-corrected chi connectivity index (χ4v) is 3.97. The summed E-state index contributed by atoms with van der Waals surface area (Å²) in [6.45, 7) is 4.19. The highest BCUT2D eigenvalue weighted by atomic mass is 79.9. The first-order valence-electron chi connectivity index (χ1n) is 9.06. The monoisotopic (exact) mass is 446 g/mol. The number of hydrogen-bond acceptors (Lipinski definition) is 5. The van der Waals surface area contributed by atoms with Crippen LogP contribution in [0.2, 0.25) is 0 Å². The lowest BCUT2D eigenvalue weighted by Gasteiger charge is -2.26. The fraction of sp³-hybridized carbons (Fsp3) is 0.450. The molecule has 3 rings (SSSR count). The number of nitrogens with zero attached hydrogens (tertiary/aromatic N) is 2. The van der Waals surface area contributed by atoms with Crippen LogP contribution in [0.5, 0.6) is 0 Å². The molecule has 1 aromatic carbocycles. The molecule has 2 N–H and O–H groups in total. The Morgan fingerprint density at radius 2 is 2.07 bits per heavy atom. The van der Waals surface area contributed by atoms with Crippen LogP contribution in [0, 0.1) is 17.2 Å². The van der Waals surface area contributed by atoms with Crippen molar-refractivity contribution in [3.63, 3.8) is 0 Å². The molecule has 2 atom stereocenters. The highest BCUT2D eigenvalue weighted by Gasteiger charge is 2.45. The maximum atomic E-state index is 12.9. The molecule has 1 amide bonds. The lowest BCUT2D eigenvalue weighted by Crippen LogP contribution is -2.50. The summed E-state index contributed by atoms with van der Waals surface area (Å²) in [5.41, 5.74) is 0.388. The number of thiazole rings is 1. The Bertz CT molecular complexity index is 810. The van der Waals surface area contributed by atoms with Crippen LogP contribution >= 0.6 is 27.3 Å². The first-order chi connectivity index (χ1) is 12.9. The molecule has 0 saturated heterocycles. The number of amides is 1. The Hall–Kier alpha value is -1.75. The number of hydrogen-bond donors (Lipinski definition) is 2. The molecule has 1 aromatic heterocycles. The third kappa shape index (κ3) is 5.16. The Kier molecular flexibility index (Phi) is 6.30. The third-order valence-electron chi connectivity index (χ3n) is 4.62. The largest absolute Gasteiger partial charge is 0.336 e. The molecule has 0 radical (unpaired) electrons. The van der Waals surface area contributed by atoms with E-state index >= 15 is 0 Å². The second-order valence-electron chi connectivity index (χ2n) is 7.39. The number of rotatable bonds is 8. The maximum absolute atomic E-state index is 12.9. The Balaban J connectivity index is 1.84. The van der Waals surface area contributed by atoms with Crippen molar-refractivity contribution in [2.24, 2.45) is 5.92 Å². The SMILES string of the molecule is CC(C)CC(N[C@@H](c1ccc(Br)cc1)c1nccs1)C(=O)NC1(C#N)CC1. The molecule has 1 fully saturated rings. The number of carbonyl (C=O) groups is 1. The van der Waals surface area contributed by atoms with E-state index < -0.39 is 11.6 Å². The van der Waals surface area contributed by atoms with Crippen LogP contribution in [0.15, 0.2) is 40.3 Å². The van der Waals surface area contributed by atoms with Crippen molar-refractivity contribution in [1.29, 1.82) is 5.26 Å². The standard InChI is InChI=1S/C20H23BrN4OS/c1-13(2)11-16(18(26)25-20(12-22)7-8-20)24-17(19-23-9-10-27-19)14-3-5-15(21)6-4-14/h3-6,9-10,13,16-17,24H,7-8,11H2,1-2H3,(H,25,26)/t16?,17-/m0/s1. The van der Waals surface area contributed by atoms with E-state index in [1.807, 2.05) is 29.6 Å². The Morgan fingerprint density at radius 3 is 2.59 bits per heavy atom. The van der Waals surface area contributed by atoms with Gasteiger partial charge in [0.15, 0.2) is 0 Å². The molecule has 1 aliphatic rings. The maximum Gasteiger partial charge on any atom is 0.238 e. The zero-order valence-electron chi connectivity index (χ0n) is 15.4. The lowest BCUT2D eigenvalue weighted by atomic mass is 9.99. The van der Waals surface area contributed by atoms with Crippen LogP contribution in [-0.4, -0.2) is 22.5 Å². The molecule has 7 heteroatoms. The molecule has 1 unspecified atom stereocenters. The van der Waals surface area contributed by atoms with Gasteiger partial charge in [-0.3, -0.25) is 10.1 Å². The number of nitriles is 1. The summed E-state index contributed by atoms with van der Waals surface area (Å²) in [7, 11) is 0. The number of benzene rings is 1. The van der Waals surface area contributed by atoms with Gasteiger partial charge in [-0.2, -0.15) is 5.26 Å². The lowest BCUT2D eigenvalue weighted by molar-refractivity contribution is -0.124. The average Bonchev–Trinajstić information content (AvgIpc) is 3.20. The smallest absolute Gasteiger partial charge is 0.238 e. The van der Waals surface area contributed by atoms with Crippen molar-refractivity contribution >= 4 is 33.2 Å². The van der Waals surface area contributed by atoms with E-state index in [9.17, 15) is 10.1 Å². The van der Waals surface area contributed by atoms with Gasteiger partial charge in [0, 0.05) is 16.0 Å². The van der Waals surface area contributed by atoms with Crippen LogP contribution in [0.3, 0.4) is 0 Å². The second-order valence-corrected chi connectivity index (χ2v) is 9.23. The molecule has 0 aliphatic heterocycles. The van der Waals surface area contributed by atoms with Gasteiger partial charge in [-0.25, -0.2) is 4.98 Å². The fourth-order valence-electron chi connectivity index (χ4n) is 2.98. The van der Waals surface area contributed by atoms with Crippen LogP contribution in [-0.2, 0) is 4.79 Å². The first kappa shape index (κ1) is 20.0. The second kappa shape index (κ2) is 8.51. The van der Waals surface area contributed by atoms with Gasteiger partial charge in [-0.05, 0) is 42.9 Å². The summed E-state index contributed by atoms with van der Waals surface area (Å²) in [6.07, 6.45) is 3.92. The highest BCUT2D eigenvalue weighted by Crippen LogP contribution is 2.34. The molecule has 5 nitrogen and oxygen atoms in total. The molecule has 27 heavy (non-hydrogen) atoms. The van der Waals surface area contributed by atoms with Crippen LogP contribution in [0.1, 0.15) is 49.7 Å². The van der Waals surface area contributed by atoms with Crippen molar-refractivity contribution in [2.45, 2.75) is 50.7 Å². The highest BCUT2D eigenvalue weighted by molar-refractivity contribution is 9.10. The van der Waals surface area contributed by atoms with Crippen LogP contribution in [0.4, 0.5) is 0 Å². The predicted octanol–water partition coefficient (Wildman–Crippen LogP) is 4.17. The van der Waals surface area contributed by atoms with E-state index in [0.29, 0.717) is 12.3 Å². The summed E-state index contributed by atoms with van der Waals surface area (Å²) in [4.78, 5) is 17.4. The minimum Gasteiger partial charge on any atom is -0.336 e. The van der Waals surface area contributed by atoms with Gasteiger partial charge in [0.25, 0.3) is 0 Å². The average molecular weight is 447 g/mol. The van der Waals surface area contributed by atoms with Crippen molar-refractivity contribution in [1.82, 2.24) is 15.6 Å². The van der Waals surface area contributed by atoms with Crippen molar-refractivity contribution in [3.8, 4) is 6.07 Å². The third-order valence-corrected chi connectivity index (χ3v) is 5.99. The molecular formula is C20H23BrN4OS. The summed E-state index contributed by atoms with van der Waals surface area (Å²) in [5, 5.41) is 18.6. The van der Waals surface area contributed by atoms with Gasteiger partial charge in [-0.15, -0.1) is 11.3 Å². The molecule has 0 spiro atoms. The van der Waals surface area contributed by atoms with Crippen LogP contribution < -0.4 is 10.6 Å². The van der Waals surface area contributed by atoms with E-state index in [2.05, 4.69) is 51.5 Å². The van der Waals surface area contributed by atoms with Gasteiger partial charge in [0.05, 0.1) is 18.2 Å². The summed E-state index contributed by atoms with van der Waals surface area (Å²) < 4.78 is 1.00. The van der Waals surface area contributed by atoms with Gasteiger partial charge >= 0.3 is 0 Å². The molecule has 1 aliphatic carbocycles. The van der Waals surface area contributed by atoms with Gasteiger partial charge in [0.2, 0.25) is 5.91 Å². The van der Waals surface area contributed by atoms with Gasteiger partial charge in [0.1, 0.15) is 10.5 Å². The topological polar surface area (TPSA) is 77.8 Å². The van der Waals surface area contributed by atoms with Crippen LogP contribution in [0.25, 0.3) is 0 Å². The summed E-state index contributed by atoms with van der Waals surface area (Å²) in [6, 6.07) is 9.71. The van der Waals surface area contributed by atoms with Crippen molar-refractivity contribution in [2.75, 3.05) is 0 Å². The van der Waals surface area contributed by atoms with E-state index in [1.54, 1.807) is 17.5 Å². The summed E-state index contributed by atoms with van der Waals surface area (Å²) >= 11 is 5.03. The number of halogens is 1. The minimum absolute atomic E-state index is 0.110. The molecule has 1 saturated carbocycles. The Labute approximate surface area is 172 Å². The zero-order chi connectivity index (χ0) is 19.4.